The van der Waals surface area contributed by atoms with Gasteiger partial charge in [-0.05, 0) is 37.8 Å². The molecular weight excluding hydrogens is 282 g/mol. The zero-order valence-corrected chi connectivity index (χ0v) is 12.6. The van der Waals surface area contributed by atoms with Crippen molar-refractivity contribution in [3.05, 3.63) is 30.1 Å². The maximum atomic E-state index is 12.9. The van der Waals surface area contributed by atoms with E-state index < -0.39 is 5.54 Å². The van der Waals surface area contributed by atoms with Gasteiger partial charge in [-0.25, -0.2) is 0 Å². The molecule has 1 unspecified atom stereocenters. The zero-order chi connectivity index (χ0) is 15.6. The molecule has 3 heterocycles. The molecule has 0 aliphatic carbocycles. The SMILES string of the molecule is O=C(c1ccncc1)N1CCCC12CCCN(CCO)C2=O. The third-order valence-corrected chi connectivity index (χ3v) is 4.73. The molecule has 1 aromatic rings. The number of hydrogen-bond acceptors (Lipinski definition) is 4. The Morgan fingerprint density at radius 2 is 1.91 bits per heavy atom. The molecule has 2 saturated heterocycles. The van der Waals surface area contributed by atoms with Gasteiger partial charge in [-0.3, -0.25) is 14.6 Å². The summed E-state index contributed by atoms with van der Waals surface area (Å²) in [6.45, 7) is 1.58. The molecule has 1 N–H and O–H groups in total. The Balaban J connectivity index is 1.88. The summed E-state index contributed by atoms with van der Waals surface area (Å²) in [4.78, 5) is 33.1. The predicted molar refractivity (Wildman–Crippen MR) is 80.1 cm³/mol. The molecule has 1 aromatic heterocycles. The number of aliphatic hydroxyl groups is 1. The van der Waals surface area contributed by atoms with Crippen molar-refractivity contribution in [3.8, 4) is 0 Å². The van der Waals surface area contributed by atoms with Gasteiger partial charge < -0.3 is 14.9 Å². The number of rotatable bonds is 3. The largest absolute Gasteiger partial charge is 0.395 e. The number of hydrogen-bond donors (Lipinski definition) is 1. The molecule has 118 valence electrons. The molecule has 2 aliphatic heterocycles. The van der Waals surface area contributed by atoms with Crippen molar-refractivity contribution < 1.29 is 14.7 Å². The summed E-state index contributed by atoms with van der Waals surface area (Å²) < 4.78 is 0. The van der Waals surface area contributed by atoms with Gasteiger partial charge >= 0.3 is 0 Å². The fraction of sp³-hybridized carbons (Fsp3) is 0.562. The number of pyridine rings is 1. The van der Waals surface area contributed by atoms with Crippen LogP contribution >= 0.6 is 0 Å². The molecule has 6 heteroatoms. The van der Waals surface area contributed by atoms with E-state index in [1.807, 2.05) is 0 Å². The lowest BCUT2D eigenvalue weighted by Gasteiger charge is -2.44. The van der Waals surface area contributed by atoms with Gasteiger partial charge in [0, 0.05) is 37.6 Å². The minimum absolute atomic E-state index is 0.00675. The van der Waals surface area contributed by atoms with E-state index in [-0.39, 0.29) is 18.4 Å². The molecule has 0 aromatic carbocycles. The predicted octanol–water partition coefficient (Wildman–Crippen LogP) is 0.671. The standard InChI is InChI=1S/C16H21N3O3/c20-12-11-18-9-1-5-16(15(18)22)6-2-10-19(16)14(21)13-3-7-17-8-4-13/h3-4,7-8,20H,1-2,5-6,9-12H2. The lowest BCUT2D eigenvalue weighted by Crippen LogP contribution is -2.61. The van der Waals surface area contributed by atoms with Crippen LogP contribution in [-0.2, 0) is 4.79 Å². The number of amides is 2. The van der Waals surface area contributed by atoms with E-state index in [4.69, 9.17) is 5.11 Å². The van der Waals surface area contributed by atoms with Crippen LogP contribution in [0.4, 0.5) is 0 Å². The van der Waals surface area contributed by atoms with E-state index in [2.05, 4.69) is 4.98 Å². The van der Waals surface area contributed by atoms with Gasteiger partial charge in [0.15, 0.2) is 0 Å². The summed E-state index contributed by atoms with van der Waals surface area (Å²) >= 11 is 0. The number of aliphatic hydroxyl groups excluding tert-OH is 1. The molecule has 0 bridgehead atoms. The van der Waals surface area contributed by atoms with Crippen LogP contribution in [0, 0.1) is 0 Å². The first-order chi connectivity index (χ1) is 10.7. The molecule has 6 nitrogen and oxygen atoms in total. The second-order valence-corrected chi connectivity index (χ2v) is 5.95. The van der Waals surface area contributed by atoms with Crippen LogP contribution in [0.25, 0.3) is 0 Å². The highest BCUT2D eigenvalue weighted by Crippen LogP contribution is 2.39. The first-order valence-electron chi connectivity index (χ1n) is 7.81. The monoisotopic (exact) mass is 303 g/mol. The average molecular weight is 303 g/mol. The van der Waals surface area contributed by atoms with Crippen molar-refractivity contribution in [3.63, 3.8) is 0 Å². The third-order valence-electron chi connectivity index (χ3n) is 4.73. The van der Waals surface area contributed by atoms with E-state index in [1.54, 1.807) is 34.3 Å². The van der Waals surface area contributed by atoms with Crippen LogP contribution in [0.1, 0.15) is 36.0 Å². The summed E-state index contributed by atoms with van der Waals surface area (Å²) in [5.74, 6) is -0.105. The van der Waals surface area contributed by atoms with E-state index in [0.717, 1.165) is 12.8 Å². The van der Waals surface area contributed by atoms with Crippen LogP contribution < -0.4 is 0 Å². The molecule has 2 amide bonds. The first-order valence-corrected chi connectivity index (χ1v) is 7.81. The van der Waals surface area contributed by atoms with Crippen molar-refractivity contribution in [1.82, 2.24) is 14.8 Å². The summed E-state index contributed by atoms with van der Waals surface area (Å²) in [6.07, 6.45) is 6.32. The molecule has 1 atom stereocenters. The topological polar surface area (TPSA) is 73.7 Å². The van der Waals surface area contributed by atoms with Crippen molar-refractivity contribution in [2.24, 2.45) is 0 Å². The molecule has 1 spiro atoms. The molecule has 3 rings (SSSR count). The fourth-order valence-electron chi connectivity index (χ4n) is 3.71. The smallest absolute Gasteiger partial charge is 0.254 e. The van der Waals surface area contributed by atoms with Gasteiger partial charge in [0.2, 0.25) is 5.91 Å². The first kappa shape index (κ1) is 15.0. The number of piperidine rings is 1. The van der Waals surface area contributed by atoms with Crippen LogP contribution in [0.2, 0.25) is 0 Å². The Kier molecular flexibility index (Phi) is 4.11. The van der Waals surface area contributed by atoms with Crippen LogP contribution in [0.5, 0.6) is 0 Å². The minimum Gasteiger partial charge on any atom is -0.395 e. The number of aromatic nitrogens is 1. The summed E-state index contributed by atoms with van der Waals surface area (Å²) in [5, 5.41) is 9.14. The van der Waals surface area contributed by atoms with Crippen LogP contribution in [0.15, 0.2) is 24.5 Å². The van der Waals surface area contributed by atoms with Gasteiger partial charge in [-0.2, -0.15) is 0 Å². The van der Waals surface area contributed by atoms with Gasteiger partial charge in [-0.15, -0.1) is 0 Å². The second kappa shape index (κ2) is 6.04. The third kappa shape index (κ3) is 2.37. The fourth-order valence-corrected chi connectivity index (χ4v) is 3.71. The quantitative estimate of drug-likeness (QED) is 0.891. The van der Waals surface area contributed by atoms with Crippen molar-refractivity contribution in [2.45, 2.75) is 31.2 Å². The number of likely N-dealkylation sites (tertiary alicyclic amines) is 2. The minimum atomic E-state index is -0.715. The van der Waals surface area contributed by atoms with Gasteiger partial charge in [-0.1, -0.05) is 0 Å². The maximum absolute atomic E-state index is 12.9. The van der Waals surface area contributed by atoms with Crippen molar-refractivity contribution in [1.29, 1.82) is 0 Å². The number of β-amino-alcohol motifs (C(OH)–C–C–N with tert-alkyl or cyclic N) is 1. The highest BCUT2D eigenvalue weighted by molar-refractivity contribution is 5.99. The zero-order valence-electron chi connectivity index (χ0n) is 12.6. The lowest BCUT2D eigenvalue weighted by atomic mass is 9.85. The normalized spacial score (nSPS) is 25.0. The average Bonchev–Trinajstić information content (AvgIpc) is 2.97. The van der Waals surface area contributed by atoms with Crippen molar-refractivity contribution in [2.75, 3.05) is 26.2 Å². The summed E-state index contributed by atoms with van der Waals surface area (Å²) in [6, 6.07) is 3.38. The van der Waals surface area contributed by atoms with E-state index in [1.165, 1.54) is 0 Å². The Hall–Kier alpha value is -1.95. The number of carbonyl (C=O) groups is 2. The highest BCUT2D eigenvalue weighted by Gasteiger charge is 2.52. The molecular formula is C16H21N3O3. The van der Waals surface area contributed by atoms with E-state index >= 15 is 0 Å². The Morgan fingerprint density at radius 3 is 2.59 bits per heavy atom. The Labute approximate surface area is 129 Å². The number of carbonyl (C=O) groups excluding carboxylic acids is 2. The Morgan fingerprint density at radius 1 is 1.23 bits per heavy atom. The summed E-state index contributed by atoms with van der Waals surface area (Å²) in [5.41, 5.74) is -0.142. The van der Waals surface area contributed by atoms with Crippen LogP contribution in [-0.4, -0.2) is 63.5 Å². The molecule has 0 saturated carbocycles. The lowest BCUT2D eigenvalue weighted by molar-refractivity contribution is -0.146. The Bertz CT molecular complexity index is 561. The van der Waals surface area contributed by atoms with E-state index in [0.29, 0.717) is 38.0 Å². The van der Waals surface area contributed by atoms with Gasteiger partial charge in [0.05, 0.1) is 6.61 Å². The van der Waals surface area contributed by atoms with Gasteiger partial charge in [0.25, 0.3) is 5.91 Å². The van der Waals surface area contributed by atoms with Crippen molar-refractivity contribution >= 4 is 11.8 Å². The molecule has 0 radical (unpaired) electrons. The van der Waals surface area contributed by atoms with E-state index in [9.17, 15) is 9.59 Å². The van der Waals surface area contributed by atoms with Crippen LogP contribution in [0.3, 0.4) is 0 Å². The molecule has 22 heavy (non-hydrogen) atoms. The number of nitrogens with zero attached hydrogens (tertiary/aromatic N) is 3. The molecule has 2 aliphatic rings. The second-order valence-electron chi connectivity index (χ2n) is 5.95. The highest BCUT2D eigenvalue weighted by atomic mass is 16.3. The summed E-state index contributed by atoms with van der Waals surface area (Å²) in [7, 11) is 0. The molecule has 2 fully saturated rings. The van der Waals surface area contributed by atoms with Gasteiger partial charge in [0.1, 0.15) is 5.54 Å². The maximum Gasteiger partial charge on any atom is 0.254 e.